The van der Waals surface area contributed by atoms with Crippen LogP contribution in [0.4, 0.5) is 11.4 Å². The molecule has 0 saturated carbocycles. The normalized spacial score (nSPS) is 13.3. The van der Waals surface area contributed by atoms with E-state index in [0.29, 0.717) is 17.6 Å². The first-order valence-electron chi connectivity index (χ1n) is 6.43. The Hall–Kier alpha value is -1.27. The lowest BCUT2D eigenvalue weighted by molar-refractivity contribution is 0.528. The Bertz CT molecular complexity index is 500. The van der Waals surface area contributed by atoms with Crippen molar-refractivity contribution in [2.24, 2.45) is 11.1 Å². The first-order chi connectivity index (χ1) is 8.76. The lowest BCUT2D eigenvalue weighted by Gasteiger charge is -2.17. The molecule has 0 heterocycles. The second-order valence-corrected chi connectivity index (χ2v) is 6.54. The van der Waals surface area contributed by atoms with Gasteiger partial charge in [0, 0.05) is 11.7 Å². The van der Waals surface area contributed by atoms with Gasteiger partial charge in [-0.05, 0) is 43.9 Å². The minimum absolute atomic E-state index is 0.340. The highest BCUT2D eigenvalue weighted by Gasteiger charge is 2.06. The number of nitrogens with one attached hydrogen (secondary N) is 2. The van der Waals surface area contributed by atoms with Crippen molar-refractivity contribution in [2.45, 2.75) is 39.7 Å². The molecule has 0 aliphatic rings. The van der Waals surface area contributed by atoms with Crippen molar-refractivity contribution in [1.82, 2.24) is 0 Å². The number of anilines is 2. The Morgan fingerprint density at radius 3 is 2.37 bits per heavy atom. The van der Waals surface area contributed by atoms with Crippen molar-refractivity contribution in [3.05, 3.63) is 24.3 Å². The molecule has 1 unspecified atom stereocenters. The van der Waals surface area contributed by atoms with Gasteiger partial charge in [0.05, 0.1) is 5.69 Å². The van der Waals surface area contributed by atoms with Gasteiger partial charge in [0.2, 0.25) is 0 Å². The van der Waals surface area contributed by atoms with Gasteiger partial charge in [-0.25, -0.2) is 5.14 Å². The highest BCUT2D eigenvalue weighted by atomic mass is 32.2. The van der Waals surface area contributed by atoms with E-state index in [4.69, 9.17) is 5.14 Å². The van der Waals surface area contributed by atoms with Crippen LogP contribution in [0.1, 0.15) is 33.6 Å². The molecule has 4 N–H and O–H groups in total. The summed E-state index contributed by atoms with van der Waals surface area (Å²) in [5.74, 6) is 0.680. The molecule has 108 valence electrons. The molecule has 1 rings (SSSR count). The summed E-state index contributed by atoms with van der Waals surface area (Å²) in [7, 11) is -3.72. The molecule has 0 aliphatic carbocycles. The number of hydrogen-bond acceptors (Lipinski definition) is 3. The monoisotopic (exact) mass is 285 g/mol. The van der Waals surface area contributed by atoms with E-state index in [0.717, 1.165) is 18.5 Å². The van der Waals surface area contributed by atoms with Crippen LogP contribution in [0.2, 0.25) is 0 Å². The standard InChI is InChI=1S/C13H23N3O2S/c1-10(2)7-8-11(3)15-12-5-4-6-13(9-12)16-19(14,17)18/h4-6,9-11,15-16H,7-8H2,1-3H3,(H2,14,17,18). The van der Waals surface area contributed by atoms with E-state index in [1.54, 1.807) is 18.2 Å². The zero-order valence-corrected chi connectivity index (χ0v) is 12.5. The molecule has 1 aromatic carbocycles. The van der Waals surface area contributed by atoms with Gasteiger partial charge in [-0.15, -0.1) is 0 Å². The van der Waals surface area contributed by atoms with Crippen LogP contribution in [-0.4, -0.2) is 14.5 Å². The van der Waals surface area contributed by atoms with E-state index in [-0.39, 0.29) is 0 Å². The van der Waals surface area contributed by atoms with Gasteiger partial charge < -0.3 is 5.32 Å². The molecule has 0 aliphatic heterocycles. The molecule has 1 atom stereocenters. The summed E-state index contributed by atoms with van der Waals surface area (Å²) in [6, 6.07) is 7.42. The SMILES string of the molecule is CC(C)CCC(C)Nc1cccc(NS(N)(=O)=O)c1. The molecule has 0 bridgehead atoms. The Labute approximate surface area is 115 Å². The lowest BCUT2D eigenvalue weighted by atomic mass is 10.0. The molecule has 0 radical (unpaired) electrons. The molecule has 6 heteroatoms. The fraction of sp³-hybridized carbons (Fsp3) is 0.538. The van der Waals surface area contributed by atoms with Crippen LogP contribution in [0.25, 0.3) is 0 Å². The largest absolute Gasteiger partial charge is 0.383 e. The van der Waals surface area contributed by atoms with Crippen LogP contribution >= 0.6 is 0 Å². The number of hydrogen-bond donors (Lipinski definition) is 3. The quantitative estimate of drug-likeness (QED) is 0.719. The van der Waals surface area contributed by atoms with E-state index < -0.39 is 10.2 Å². The summed E-state index contributed by atoms with van der Waals surface area (Å²) in [4.78, 5) is 0. The third-order valence-corrected chi connectivity index (χ3v) is 3.23. The van der Waals surface area contributed by atoms with E-state index >= 15 is 0 Å². The number of nitrogens with two attached hydrogens (primary N) is 1. The lowest BCUT2D eigenvalue weighted by Crippen LogP contribution is -2.22. The first kappa shape index (κ1) is 15.8. The third kappa shape index (κ3) is 7.03. The predicted octanol–water partition coefficient (Wildman–Crippen LogP) is 2.54. The molecule has 0 saturated heterocycles. The maximum Gasteiger partial charge on any atom is 0.296 e. The van der Waals surface area contributed by atoms with E-state index in [1.165, 1.54) is 0 Å². The summed E-state index contributed by atoms with van der Waals surface area (Å²) in [6.45, 7) is 6.51. The van der Waals surface area contributed by atoms with Gasteiger partial charge in [-0.1, -0.05) is 19.9 Å². The van der Waals surface area contributed by atoms with Crippen molar-refractivity contribution < 1.29 is 8.42 Å². The molecule has 0 aromatic heterocycles. The van der Waals surface area contributed by atoms with Crippen molar-refractivity contribution in [2.75, 3.05) is 10.0 Å². The minimum atomic E-state index is -3.72. The van der Waals surface area contributed by atoms with Crippen molar-refractivity contribution >= 4 is 21.6 Å². The Morgan fingerprint density at radius 2 is 1.79 bits per heavy atom. The Balaban J connectivity index is 2.61. The topological polar surface area (TPSA) is 84.2 Å². The van der Waals surface area contributed by atoms with Gasteiger partial charge in [0.15, 0.2) is 0 Å². The van der Waals surface area contributed by atoms with Crippen LogP contribution in [0.5, 0.6) is 0 Å². The van der Waals surface area contributed by atoms with Crippen molar-refractivity contribution in [1.29, 1.82) is 0 Å². The summed E-state index contributed by atoms with van der Waals surface area (Å²) >= 11 is 0. The van der Waals surface area contributed by atoms with Crippen LogP contribution in [0.3, 0.4) is 0 Å². The second kappa shape index (κ2) is 6.77. The summed E-state index contributed by atoms with van der Waals surface area (Å²) in [5, 5.41) is 8.29. The minimum Gasteiger partial charge on any atom is -0.383 e. The first-order valence-corrected chi connectivity index (χ1v) is 7.98. The second-order valence-electron chi connectivity index (χ2n) is 5.24. The smallest absolute Gasteiger partial charge is 0.296 e. The molecular weight excluding hydrogens is 262 g/mol. The molecule has 5 nitrogen and oxygen atoms in total. The van der Waals surface area contributed by atoms with Gasteiger partial charge in [-0.2, -0.15) is 8.42 Å². The van der Waals surface area contributed by atoms with Crippen LogP contribution in [-0.2, 0) is 10.2 Å². The Kier molecular flexibility index (Phi) is 5.62. The summed E-state index contributed by atoms with van der Waals surface area (Å²) < 4.78 is 24.2. The molecule has 0 amide bonds. The van der Waals surface area contributed by atoms with Gasteiger partial charge in [0.1, 0.15) is 0 Å². The molecule has 19 heavy (non-hydrogen) atoms. The van der Waals surface area contributed by atoms with Crippen LogP contribution in [0.15, 0.2) is 24.3 Å². The summed E-state index contributed by atoms with van der Waals surface area (Å²) in [6.07, 6.45) is 2.23. The van der Waals surface area contributed by atoms with Crippen molar-refractivity contribution in [3.63, 3.8) is 0 Å². The average molecular weight is 285 g/mol. The Morgan fingerprint density at radius 1 is 1.16 bits per heavy atom. The molecule has 0 spiro atoms. The van der Waals surface area contributed by atoms with E-state index in [2.05, 4.69) is 30.8 Å². The zero-order chi connectivity index (χ0) is 14.5. The van der Waals surface area contributed by atoms with Gasteiger partial charge in [-0.3, -0.25) is 4.72 Å². The van der Waals surface area contributed by atoms with Gasteiger partial charge in [0.25, 0.3) is 10.2 Å². The maximum absolute atomic E-state index is 11.0. The van der Waals surface area contributed by atoms with Crippen LogP contribution < -0.4 is 15.2 Å². The fourth-order valence-electron chi connectivity index (χ4n) is 1.78. The molecule has 1 aromatic rings. The predicted molar refractivity (Wildman–Crippen MR) is 80.3 cm³/mol. The summed E-state index contributed by atoms with van der Waals surface area (Å²) in [5.41, 5.74) is 1.34. The highest BCUT2D eigenvalue weighted by molar-refractivity contribution is 7.90. The molecule has 0 fully saturated rings. The van der Waals surface area contributed by atoms with E-state index in [1.807, 2.05) is 6.07 Å². The molecular formula is C13H23N3O2S. The zero-order valence-electron chi connectivity index (χ0n) is 11.7. The van der Waals surface area contributed by atoms with Crippen LogP contribution in [0, 0.1) is 5.92 Å². The highest BCUT2D eigenvalue weighted by Crippen LogP contribution is 2.18. The van der Waals surface area contributed by atoms with Gasteiger partial charge >= 0.3 is 0 Å². The number of rotatable bonds is 7. The number of benzene rings is 1. The maximum atomic E-state index is 11.0. The van der Waals surface area contributed by atoms with E-state index in [9.17, 15) is 8.42 Å². The average Bonchev–Trinajstić information content (AvgIpc) is 2.24. The van der Waals surface area contributed by atoms with Crippen molar-refractivity contribution in [3.8, 4) is 0 Å². The third-order valence-electron chi connectivity index (χ3n) is 2.71. The fourth-order valence-corrected chi connectivity index (χ4v) is 2.23.